The molecule has 6 nitrogen and oxygen atoms in total. The van der Waals surface area contributed by atoms with E-state index in [4.69, 9.17) is 0 Å². The first kappa shape index (κ1) is 15.3. The molecule has 24 heavy (non-hydrogen) atoms. The second-order valence-electron chi connectivity index (χ2n) is 6.32. The van der Waals surface area contributed by atoms with Gasteiger partial charge in [-0.3, -0.25) is 4.79 Å². The molecule has 1 saturated carbocycles. The van der Waals surface area contributed by atoms with Gasteiger partial charge in [0.1, 0.15) is 6.54 Å². The molecule has 1 fully saturated rings. The van der Waals surface area contributed by atoms with E-state index in [-0.39, 0.29) is 12.5 Å². The van der Waals surface area contributed by atoms with E-state index in [1.807, 2.05) is 27.0 Å². The lowest BCUT2D eigenvalue weighted by Crippen LogP contribution is -2.19. The van der Waals surface area contributed by atoms with Crippen molar-refractivity contribution < 1.29 is 4.79 Å². The molecule has 0 aliphatic heterocycles. The average Bonchev–Trinajstić information content (AvgIpc) is 3.27. The summed E-state index contributed by atoms with van der Waals surface area (Å²) in [6.07, 6.45) is 4.28. The Labute approximate surface area is 143 Å². The van der Waals surface area contributed by atoms with Crippen LogP contribution in [0, 0.1) is 20.8 Å². The predicted molar refractivity (Wildman–Crippen MR) is 94.5 cm³/mol. The maximum absolute atomic E-state index is 12.4. The van der Waals surface area contributed by atoms with Crippen molar-refractivity contribution in [1.29, 1.82) is 0 Å². The number of aromatic nitrogens is 4. The lowest BCUT2D eigenvalue weighted by molar-refractivity contribution is -0.116. The van der Waals surface area contributed by atoms with E-state index in [0.29, 0.717) is 11.0 Å². The van der Waals surface area contributed by atoms with Gasteiger partial charge < -0.3 is 5.32 Å². The van der Waals surface area contributed by atoms with Crippen molar-refractivity contribution in [2.45, 2.75) is 46.1 Å². The molecule has 7 heteroatoms. The highest BCUT2D eigenvalue weighted by Crippen LogP contribution is 2.43. The summed E-state index contributed by atoms with van der Waals surface area (Å²) in [6, 6.07) is 2.08. The van der Waals surface area contributed by atoms with Crippen molar-refractivity contribution in [1.82, 2.24) is 19.7 Å². The first-order valence-electron chi connectivity index (χ1n) is 8.09. The summed E-state index contributed by atoms with van der Waals surface area (Å²) in [5.74, 6) is 0.494. The first-order valence-corrected chi connectivity index (χ1v) is 8.90. The van der Waals surface area contributed by atoms with Gasteiger partial charge in [-0.15, -0.1) is 11.3 Å². The van der Waals surface area contributed by atoms with Gasteiger partial charge >= 0.3 is 0 Å². The summed E-state index contributed by atoms with van der Waals surface area (Å²) in [5, 5.41) is 9.14. The van der Waals surface area contributed by atoms with Crippen LogP contribution in [0.5, 0.6) is 0 Å². The molecule has 0 aromatic carbocycles. The Kier molecular flexibility index (Phi) is 3.60. The molecule has 1 aliphatic rings. The molecular weight excluding hydrogens is 322 g/mol. The SMILES string of the molecule is Cc1nc(NC(=O)Cn2nc(C)c3c(C4CC4)ccnc32)sc1C. The van der Waals surface area contributed by atoms with Gasteiger partial charge in [0.15, 0.2) is 10.8 Å². The summed E-state index contributed by atoms with van der Waals surface area (Å²) in [5.41, 5.74) is 3.99. The molecule has 3 heterocycles. The molecule has 0 unspecified atom stereocenters. The Balaban J connectivity index is 1.60. The van der Waals surface area contributed by atoms with Gasteiger partial charge in [0.25, 0.3) is 0 Å². The number of amides is 1. The van der Waals surface area contributed by atoms with Crippen molar-refractivity contribution in [3.05, 3.63) is 34.1 Å². The number of hydrogen-bond donors (Lipinski definition) is 1. The van der Waals surface area contributed by atoms with Crippen LogP contribution in [0.15, 0.2) is 12.3 Å². The Bertz CT molecular complexity index is 919. The van der Waals surface area contributed by atoms with Crippen LogP contribution in [0.2, 0.25) is 0 Å². The third-order valence-electron chi connectivity index (χ3n) is 4.43. The largest absolute Gasteiger partial charge is 0.300 e. The van der Waals surface area contributed by atoms with Gasteiger partial charge in [0.05, 0.1) is 11.4 Å². The van der Waals surface area contributed by atoms with Gasteiger partial charge in [0.2, 0.25) is 5.91 Å². The Morgan fingerprint density at radius 2 is 2.12 bits per heavy atom. The number of rotatable bonds is 4. The van der Waals surface area contributed by atoms with Crippen molar-refractivity contribution in [3.8, 4) is 0 Å². The van der Waals surface area contributed by atoms with Gasteiger partial charge in [-0.05, 0) is 51.2 Å². The fourth-order valence-corrected chi connectivity index (χ4v) is 3.81. The third kappa shape index (κ3) is 2.69. The molecule has 3 aromatic heterocycles. The number of anilines is 1. The van der Waals surface area contributed by atoms with Crippen LogP contribution in [0.4, 0.5) is 5.13 Å². The lowest BCUT2D eigenvalue weighted by Gasteiger charge is -2.04. The molecular formula is C17H19N5OS. The summed E-state index contributed by atoms with van der Waals surface area (Å²) in [4.78, 5) is 22.3. The number of carbonyl (C=O) groups is 1. The number of hydrogen-bond acceptors (Lipinski definition) is 5. The molecule has 0 radical (unpaired) electrons. The van der Waals surface area contributed by atoms with E-state index in [0.717, 1.165) is 27.3 Å². The number of aryl methyl sites for hydroxylation is 3. The molecule has 124 valence electrons. The fourth-order valence-electron chi connectivity index (χ4n) is 2.98. The van der Waals surface area contributed by atoms with E-state index < -0.39 is 0 Å². The summed E-state index contributed by atoms with van der Waals surface area (Å²) < 4.78 is 1.69. The molecule has 0 spiro atoms. The molecule has 1 aliphatic carbocycles. The van der Waals surface area contributed by atoms with Crippen LogP contribution in [0.1, 0.15) is 40.6 Å². The van der Waals surface area contributed by atoms with Gasteiger partial charge in [-0.2, -0.15) is 5.10 Å². The number of thiazole rings is 1. The number of carbonyl (C=O) groups excluding carboxylic acids is 1. The Hall–Kier alpha value is -2.28. The van der Waals surface area contributed by atoms with E-state index >= 15 is 0 Å². The zero-order chi connectivity index (χ0) is 16.8. The molecule has 0 saturated heterocycles. The fraction of sp³-hybridized carbons (Fsp3) is 0.412. The monoisotopic (exact) mass is 341 g/mol. The van der Waals surface area contributed by atoms with Crippen LogP contribution in [-0.4, -0.2) is 25.7 Å². The lowest BCUT2D eigenvalue weighted by atomic mass is 10.1. The highest BCUT2D eigenvalue weighted by Gasteiger charge is 2.27. The molecule has 0 atom stereocenters. The van der Waals surface area contributed by atoms with Gasteiger partial charge in [0, 0.05) is 16.5 Å². The first-order chi connectivity index (χ1) is 11.5. The minimum absolute atomic E-state index is 0.133. The van der Waals surface area contributed by atoms with Crippen molar-refractivity contribution in [2.75, 3.05) is 5.32 Å². The van der Waals surface area contributed by atoms with Crippen LogP contribution in [0.25, 0.3) is 11.0 Å². The number of nitrogens with zero attached hydrogens (tertiary/aromatic N) is 4. The van der Waals surface area contributed by atoms with E-state index in [1.165, 1.54) is 29.7 Å². The van der Waals surface area contributed by atoms with Crippen LogP contribution in [-0.2, 0) is 11.3 Å². The highest BCUT2D eigenvalue weighted by atomic mass is 32.1. The second-order valence-corrected chi connectivity index (χ2v) is 7.53. The smallest absolute Gasteiger partial charge is 0.247 e. The molecule has 0 bridgehead atoms. The Morgan fingerprint density at radius 1 is 1.33 bits per heavy atom. The minimum Gasteiger partial charge on any atom is -0.300 e. The van der Waals surface area contributed by atoms with Crippen molar-refractivity contribution in [2.24, 2.45) is 0 Å². The van der Waals surface area contributed by atoms with Crippen LogP contribution in [0.3, 0.4) is 0 Å². The zero-order valence-corrected chi connectivity index (χ0v) is 14.8. The summed E-state index contributed by atoms with van der Waals surface area (Å²) >= 11 is 1.49. The third-order valence-corrected chi connectivity index (χ3v) is 5.41. The van der Waals surface area contributed by atoms with Gasteiger partial charge in [-0.25, -0.2) is 14.6 Å². The maximum atomic E-state index is 12.4. The topological polar surface area (TPSA) is 72.7 Å². The summed E-state index contributed by atoms with van der Waals surface area (Å²) in [7, 11) is 0. The maximum Gasteiger partial charge on any atom is 0.247 e. The van der Waals surface area contributed by atoms with Crippen LogP contribution < -0.4 is 5.32 Å². The van der Waals surface area contributed by atoms with E-state index in [9.17, 15) is 4.79 Å². The van der Waals surface area contributed by atoms with E-state index in [2.05, 4.69) is 26.4 Å². The molecule has 1 N–H and O–H groups in total. The summed E-state index contributed by atoms with van der Waals surface area (Å²) in [6.45, 7) is 6.06. The normalized spacial score (nSPS) is 14.3. The van der Waals surface area contributed by atoms with Crippen molar-refractivity contribution in [3.63, 3.8) is 0 Å². The van der Waals surface area contributed by atoms with Gasteiger partial charge in [-0.1, -0.05) is 0 Å². The number of nitrogens with one attached hydrogen (secondary N) is 1. The molecule has 1 amide bonds. The Morgan fingerprint density at radius 3 is 2.79 bits per heavy atom. The molecule has 3 aromatic rings. The molecule has 4 rings (SSSR count). The predicted octanol–water partition coefficient (Wildman–Crippen LogP) is 3.33. The zero-order valence-electron chi connectivity index (χ0n) is 14.0. The highest BCUT2D eigenvalue weighted by molar-refractivity contribution is 7.15. The standard InChI is InChI=1S/C17H19N5OS/c1-9-11(3)24-17(19-9)20-14(23)8-22-16-15(10(2)21-22)13(6-7-18-16)12-4-5-12/h6-7,12H,4-5,8H2,1-3H3,(H,19,20,23). The average molecular weight is 341 g/mol. The second kappa shape index (κ2) is 5.66. The van der Waals surface area contributed by atoms with E-state index in [1.54, 1.807) is 4.68 Å². The quantitative estimate of drug-likeness (QED) is 0.790. The number of fused-ring (bicyclic) bond motifs is 1. The minimum atomic E-state index is -0.133. The van der Waals surface area contributed by atoms with Crippen LogP contribution >= 0.6 is 11.3 Å². The van der Waals surface area contributed by atoms with Crippen molar-refractivity contribution >= 4 is 33.4 Å². The number of pyridine rings is 1.